The van der Waals surface area contributed by atoms with Gasteiger partial charge in [-0.1, -0.05) is 19.3 Å². The molecule has 0 bridgehead atoms. The van der Waals surface area contributed by atoms with Crippen molar-refractivity contribution in [2.24, 2.45) is 0 Å². The van der Waals surface area contributed by atoms with Crippen LogP contribution in [0.3, 0.4) is 0 Å². The molecule has 0 atom stereocenters. The van der Waals surface area contributed by atoms with Gasteiger partial charge in [-0.25, -0.2) is 0 Å². The second kappa shape index (κ2) is 4.75. The summed E-state index contributed by atoms with van der Waals surface area (Å²) in [5.74, 6) is 0. The van der Waals surface area contributed by atoms with E-state index in [1.165, 1.54) is 71.1 Å². The standard InChI is InChI=1S/C14H26N2S/c1-17-14(7-4-8-14)12-16-10-9-15-13(11-16)5-2-3-6-13/h15H,2-12H2,1H3. The summed E-state index contributed by atoms with van der Waals surface area (Å²) in [5.41, 5.74) is 0.502. The summed E-state index contributed by atoms with van der Waals surface area (Å²) in [6.45, 7) is 5.14. The summed E-state index contributed by atoms with van der Waals surface area (Å²) in [6.07, 6.45) is 12.4. The zero-order chi connectivity index (χ0) is 11.8. The van der Waals surface area contributed by atoms with Crippen molar-refractivity contribution in [1.82, 2.24) is 10.2 Å². The van der Waals surface area contributed by atoms with Crippen molar-refractivity contribution in [3.05, 3.63) is 0 Å². The van der Waals surface area contributed by atoms with Gasteiger partial charge in [0.1, 0.15) is 0 Å². The van der Waals surface area contributed by atoms with Gasteiger partial charge in [-0.2, -0.15) is 11.8 Å². The summed E-state index contributed by atoms with van der Waals surface area (Å²) in [6, 6.07) is 0. The number of hydrogen-bond acceptors (Lipinski definition) is 3. The first-order chi connectivity index (χ1) is 8.26. The van der Waals surface area contributed by atoms with Gasteiger partial charge in [-0.3, -0.25) is 4.90 Å². The Kier molecular flexibility index (Phi) is 3.44. The highest BCUT2D eigenvalue weighted by Crippen LogP contribution is 2.44. The Labute approximate surface area is 110 Å². The average Bonchev–Trinajstić information content (AvgIpc) is 2.72. The molecular weight excluding hydrogens is 228 g/mol. The first kappa shape index (κ1) is 12.3. The highest BCUT2D eigenvalue weighted by atomic mass is 32.2. The minimum Gasteiger partial charge on any atom is -0.309 e. The number of rotatable bonds is 3. The van der Waals surface area contributed by atoms with Crippen LogP contribution >= 0.6 is 11.8 Å². The van der Waals surface area contributed by atoms with E-state index in [0.29, 0.717) is 10.3 Å². The predicted molar refractivity (Wildman–Crippen MR) is 75.7 cm³/mol. The van der Waals surface area contributed by atoms with Crippen LogP contribution in [0.2, 0.25) is 0 Å². The van der Waals surface area contributed by atoms with Crippen LogP contribution < -0.4 is 5.32 Å². The fraction of sp³-hybridized carbons (Fsp3) is 1.00. The van der Waals surface area contributed by atoms with Gasteiger partial charge in [0, 0.05) is 36.5 Å². The predicted octanol–water partition coefficient (Wildman–Crippen LogP) is 2.49. The summed E-state index contributed by atoms with van der Waals surface area (Å²) < 4.78 is 0.622. The monoisotopic (exact) mass is 254 g/mol. The van der Waals surface area contributed by atoms with E-state index in [-0.39, 0.29) is 0 Å². The third-order valence-corrected chi connectivity index (χ3v) is 6.63. The van der Waals surface area contributed by atoms with Crippen LogP contribution in [0, 0.1) is 0 Å². The Morgan fingerprint density at radius 3 is 2.47 bits per heavy atom. The van der Waals surface area contributed by atoms with E-state index in [4.69, 9.17) is 0 Å². The van der Waals surface area contributed by atoms with Crippen molar-refractivity contribution in [3.8, 4) is 0 Å². The molecule has 1 aliphatic heterocycles. The molecule has 1 spiro atoms. The molecule has 1 heterocycles. The molecule has 3 fully saturated rings. The Bertz CT molecular complexity index is 262. The van der Waals surface area contributed by atoms with Crippen LogP contribution in [0.1, 0.15) is 44.9 Å². The SMILES string of the molecule is CSC1(CN2CCNC3(CCCC3)C2)CCC1. The molecule has 0 aromatic heterocycles. The van der Waals surface area contributed by atoms with Crippen molar-refractivity contribution in [3.63, 3.8) is 0 Å². The van der Waals surface area contributed by atoms with Gasteiger partial charge in [-0.05, 0) is 31.9 Å². The summed E-state index contributed by atoms with van der Waals surface area (Å²) in [7, 11) is 0. The van der Waals surface area contributed by atoms with Gasteiger partial charge in [0.2, 0.25) is 0 Å². The van der Waals surface area contributed by atoms with E-state index in [2.05, 4.69) is 28.2 Å². The van der Waals surface area contributed by atoms with E-state index in [0.717, 1.165) is 0 Å². The molecule has 0 amide bonds. The highest BCUT2D eigenvalue weighted by Gasteiger charge is 2.42. The minimum atomic E-state index is 0.502. The van der Waals surface area contributed by atoms with E-state index in [9.17, 15) is 0 Å². The smallest absolute Gasteiger partial charge is 0.0309 e. The van der Waals surface area contributed by atoms with Crippen LogP contribution in [-0.2, 0) is 0 Å². The molecule has 2 saturated carbocycles. The molecule has 98 valence electrons. The highest BCUT2D eigenvalue weighted by molar-refractivity contribution is 8.00. The number of piperazine rings is 1. The van der Waals surface area contributed by atoms with E-state index >= 15 is 0 Å². The lowest BCUT2D eigenvalue weighted by atomic mass is 9.83. The van der Waals surface area contributed by atoms with Gasteiger partial charge in [-0.15, -0.1) is 0 Å². The third-order valence-electron chi connectivity index (χ3n) is 5.22. The first-order valence-electron chi connectivity index (χ1n) is 7.29. The normalized spacial score (nSPS) is 31.6. The van der Waals surface area contributed by atoms with Gasteiger partial charge in [0.25, 0.3) is 0 Å². The Hall–Kier alpha value is 0.270. The van der Waals surface area contributed by atoms with Gasteiger partial charge >= 0.3 is 0 Å². The van der Waals surface area contributed by atoms with E-state index in [1.54, 1.807) is 0 Å². The zero-order valence-corrected chi connectivity index (χ0v) is 12.0. The quantitative estimate of drug-likeness (QED) is 0.833. The minimum absolute atomic E-state index is 0.502. The average molecular weight is 254 g/mol. The number of thioether (sulfide) groups is 1. The zero-order valence-electron chi connectivity index (χ0n) is 11.1. The van der Waals surface area contributed by atoms with Gasteiger partial charge < -0.3 is 5.32 Å². The summed E-state index contributed by atoms with van der Waals surface area (Å²) in [5, 5.41) is 3.82. The molecule has 2 nitrogen and oxygen atoms in total. The van der Waals surface area contributed by atoms with E-state index in [1.807, 2.05) is 0 Å². The third kappa shape index (κ3) is 2.39. The lowest BCUT2D eigenvalue weighted by molar-refractivity contribution is 0.110. The molecule has 2 aliphatic carbocycles. The van der Waals surface area contributed by atoms with Crippen LogP contribution in [-0.4, -0.2) is 47.6 Å². The van der Waals surface area contributed by atoms with Crippen molar-refractivity contribution in [2.45, 2.75) is 55.2 Å². The molecule has 17 heavy (non-hydrogen) atoms. The van der Waals surface area contributed by atoms with Gasteiger partial charge in [0.05, 0.1) is 0 Å². The molecular formula is C14H26N2S. The van der Waals surface area contributed by atoms with Crippen molar-refractivity contribution in [1.29, 1.82) is 0 Å². The van der Waals surface area contributed by atoms with Crippen molar-refractivity contribution in [2.75, 3.05) is 32.4 Å². The fourth-order valence-electron chi connectivity index (χ4n) is 3.97. The largest absolute Gasteiger partial charge is 0.309 e. The maximum absolute atomic E-state index is 3.82. The fourth-order valence-corrected chi connectivity index (χ4v) is 4.98. The second-order valence-electron chi connectivity index (χ2n) is 6.37. The van der Waals surface area contributed by atoms with E-state index < -0.39 is 0 Å². The molecule has 0 unspecified atom stereocenters. The molecule has 3 heteroatoms. The number of hydrogen-bond donors (Lipinski definition) is 1. The summed E-state index contributed by atoms with van der Waals surface area (Å²) in [4.78, 5) is 2.76. The Morgan fingerprint density at radius 1 is 1.12 bits per heavy atom. The first-order valence-corrected chi connectivity index (χ1v) is 8.51. The van der Waals surface area contributed by atoms with Crippen LogP contribution in [0.4, 0.5) is 0 Å². The second-order valence-corrected chi connectivity index (χ2v) is 7.64. The van der Waals surface area contributed by atoms with Crippen molar-refractivity contribution < 1.29 is 0 Å². The summed E-state index contributed by atoms with van der Waals surface area (Å²) >= 11 is 2.12. The Balaban J connectivity index is 1.60. The molecule has 0 aromatic rings. The Morgan fingerprint density at radius 2 is 1.88 bits per heavy atom. The number of nitrogens with zero attached hydrogens (tertiary/aromatic N) is 1. The maximum Gasteiger partial charge on any atom is 0.0309 e. The molecule has 0 aromatic carbocycles. The van der Waals surface area contributed by atoms with Crippen LogP contribution in [0.15, 0.2) is 0 Å². The molecule has 3 aliphatic rings. The molecule has 0 radical (unpaired) electrons. The molecule has 3 rings (SSSR count). The van der Waals surface area contributed by atoms with Gasteiger partial charge in [0.15, 0.2) is 0 Å². The van der Waals surface area contributed by atoms with Crippen molar-refractivity contribution >= 4 is 11.8 Å². The van der Waals surface area contributed by atoms with Crippen LogP contribution in [0.25, 0.3) is 0 Å². The molecule has 1 N–H and O–H groups in total. The lowest BCUT2D eigenvalue weighted by Crippen LogP contribution is -2.61. The number of nitrogens with one attached hydrogen (secondary N) is 1. The maximum atomic E-state index is 3.82. The molecule has 1 saturated heterocycles. The lowest BCUT2D eigenvalue weighted by Gasteiger charge is -2.48. The topological polar surface area (TPSA) is 15.3 Å². The van der Waals surface area contributed by atoms with Crippen LogP contribution in [0.5, 0.6) is 0 Å².